The highest BCUT2D eigenvalue weighted by atomic mass is 32.1. The molecule has 1 aliphatic rings. The predicted molar refractivity (Wildman–Crippen MR) is 89.6 cm³/mol. The molecule has 1 aromatic carbocycles. The summed E-state index contributed by atoms with van der Waals surface area (Å²) in [7, 11) is 0. The summed E-state index contributed by atoms with van der Waals surface area (Å²) in [6, 6.07) is 7.70. The number of amides is 2. The quantitative estimate of drug-likeness (QED) is 0.934. The van der Waals surface area contributed by atoms with Gasteiger partial charge >= 0.3 is 0 Å². The Morgan fingerprint density at radius 3 is 2.87 bits per heavy atom. The van der Waals surface area contributed by atoms with Crippen LogP contribution in [0.25, 0.3) is 0 Å². The summed E-state index contributed by atoms with van der Waals surface area (Å²) in [6.07, 6.45) is 1.01. The van der Waals surface area contributed by atoms with Gasteiger partial charge in [0.25, 0.3) is 0 Å². The van der Waals surface area contributed by atoms with Crippen LogP contribution in [0.2, 0.25) is 0 Å². The van der Waals surface area contributed by atoms with Crippen LogP contribution in [-0.2, 0) is 16.0 Å². The van der Waals surface area contributed by atoms with E-state index < -0.39 is 0 Å². The molecule has 1 saturated heterocycles. The monoisotopic (exact) mass is 330 g/mol. The molecule has 7 heteroatoms. The van der Waals surface area contributed by atoms with Gasteiger partial charge in [0.05, 0.1) is 5.92 Å². The third-order valence-corrected chi connectivity index (χ3v) is 4.88. The average molecular weight is 330 g/mol. The molecular weight excluding hydrogens is 312 g/mol. The van der Waals surface area contributed by atoms with Crippen molar-refractivity contribution in [2.45, 2.75) is 26.7 Å². The highest BCUT2D eigenvalue weighted by molar-refractivity contribution is 7.15. The van der Waals surface area contributed by atoms with Gasteiger partial charge in [-0.05, 0) is 25.0 Å². The molecule has 1 unspecified atom stereocenters. The van der Waals surface area contributed by atoms with Gasteiger partial charge < -0.3 is 10.2 Å². The van der Waals surface area contributed by atoms with Gasteiger partial charge in [0.15, 0.2) is 0 Å². The molecule has 1 aliphatic heterocycles. The van der Waals surface area contributed by atoms with Crippen LogP contribution in [0.4, 0.5) is 10.8 Å². The van der Waals surface area contributed by atoms with E-state index in [1.807, 2.05) is 38.1 Å². The van der Waals surface area contributed by atoms with Gasteiger partial charge in [0, 0.05) is 18.7 Å². The standard InChI is InChI=1S/C16H18N4O2S/c1-3-13-18-19-16(23-13)17-15(22)11-8-14(21)20(9-11)12-7-5-4-6-10(12)2/h4-7,11H,3,8-9H2,1-2H3,(H,17,19,22). The second-order valence-electron chi connectivity index (χ2n) is 5.54. The lowest BCUT2D eigenvalue weighted by atomic mass is 10.1. The van der Waals surface area contributed by atoms with Crippen molar-refractivity contribution in [3.05, 3.63) is 34.8 Å². The molecule has 0 bridgehead atoms. The Morgan fingerprint density at radius 2 is 2.17 bits per heavy atom. The van der Waals surface area contributed by atoms with E-state index in [4.69, 9.17) is 0 Å². The Hall–Kier alpha value is -2.28. The molecule has 0 spiro atoms. The van der Waals surface area contributed by atoms with Crippen LogP contribution in [0.3, 0.4) is 0 Å². The maximum absolute atomic E-state index is 12.4. The second-order valence-corrected chi connectivity index (χ2v) is 6.60. The first kappa shape index (κ1) is 15.6. The number of hydrogen-bond acceptors (Lipinski definition) is 5. The van der Waals surface area contributed by atoms with Crippen molar-refractivity contribution in [3.8, 4) is 0 Å². The molecule has 0 aliphatic carbocycles. The molecule has 2 amide bonds. The van der Waals surface area contributed by atoms with Crippen molar-refractivity contribution in [3.63, 3.8) is 0 Å². The predicted octanol–water partition coefficient (Wildman–Crippen LogP) is 2.40. The zero-order valence-electron chi connectivity index (χ0n) is 13.1. The summed E-state index contributed by atoms with van der Waals surface area (Å²) < 4.78 is 0. The summed E-state index contributed by atoms with van der Waals surface area (Å²) in [5.74, 6) is -0.560. The van der Waals surface area contributed by atoms with Crippen LogP contribution < -0.4 is 10.2 Å². The highest BCUT2D eigenvalue weighted by Gasteiger charge is 2.35. The van der Waals surface area contributed by atoms with Gasteiger partial charge in [-0.25, -0.2) is 0 Å². The fraction of sp³-hybridized carbons (Fsp3) is 0.375. The Bertz CT molecular complexity index is 743. The molecule has 0 saturated carbocycles. The summed E-state index contributed by atoms with van der Waals surface area (Å²) in [5.41, 5.74) is 1.90. The average Bonchev–Trinajstić information content (AvgIpc) is 3.14. The van der Waals surface area contributed by atoms with E-state index >= 15 is 0 Å². The maximum atomic E-state index is 12.4. The Balaban J connectivity index is 1.69. The fourth-order valence-electron chi connectivity index (χ4n) is 2.64. The van der Waals surface area contributed by atoms with E-state index in [-0.39, 0.29) is 24.2 Å². The minimum Gasteiger partial charge on any atom is -0.311 e. The van der Waals surface area contributed by atoms with Gasteiger partial charge in [-0.1, -0.05) is 36.5 Å². The highest BCUT2D eigenvalue weighted by Crippen LogP contribution is 2.28. The molecule has 6 nitrogen and oxygen atoms in total. The molecule has 0 radical (unpaired) electrons. The normalized spacial score (nSPS) is 17.6. The van der Waals surface area contributed by atoms with E-state index in [2.05, 4.69) is 15.5 Å². The Kier molecular flexibility index (Phi) is 4.38. The summed E-state index contributed by atoms with van der Waals surface area (Å²) in [4.78, 5) is 26.3. The summed E-state index contributed by atoms with van der Waals surface area (Å²) >= 11 is 1.37. The van der Waals surface area contributed by atoms with E-state index in [0.717, 1.165) is 22.7 Å². The molecule has 120 valence electrons. The Labute approximate surface area is 138 Å². The van der Waals surface area contributed by atoms with Crippen LogP contribution in [0.1, 0.15) is 23.9 Å². The first-order valence-electron chi connectivity index (χ1n) is 7.57. The molecule has 1 atom stereocenters. The number of para-hydroxylation sites is 1. The van der Waals surface area contributed by atoms with Crippen molar-refractivity contribution >= 4 is 34.0 Å². The molecule has 1 N–H and O–H groups in total. The van der Waals surface area contributed by atoms with Crippen molar-refractivity contribution in [1.29, 1.82) is 0 Å². The molecule has 1 fully saturated rings. The van der Waals surface area contributed by atoms with Gasteiger partial charge in [0.2, 0.25) is 16.9 Å². The first-order valence-corrected chi connectivity index (χ1v) is 8.39. The van der Waals surface area contributed by atoms with E-state index in [9.17, 15) is 9.59 Å². The van der Waals surface area contributed by atoms with E-state index in [1.165, 1.54) is 11.3 Å². The number of anilines is 2. The number of carbonyl (C=O) groups excluding carboxylic acids is 2. The second kappa shape index (κ2) is 6.45. The summed E-state index contributed by atoms with van der Waals surface area (Å²) in [5, 5.41) is 12.1. The number of nitrogens with zero attached hydrogens (tertiary/aromatic N) is 3. The zero-order chi connectivity index (χ0) is 16.4. The van der Waals surface area contributed by atoms with Crippen LogP contribution in [0.5, 0.6) is 0 Å². The smallest absolute Gasteiger partial charge is 0.231 e. The van der Waals surface area contributed by atoms with Crippen molar-refractivity contribution in [1.82, 2.24) is 10.2 Å². The minimum absolute atomic E-state index is 0.0223. The number of aromatic nitrogens is 2. The molecule has 2 heterocycles. The first-order chi connectivity index (χ1) is 11.1. The van der Waals surface area contributed by atoms with Crippen LogP contribution in [0, 0.1) is 12.8 Å². The third kappa shape index (κ3) is 3.24. The third-order valence-electron chi connectivity index (χ3n) is 3.90. The molecular formula is C16H18N4O2S. The molecule has 3 rings (SSSR count). The molecule has 2 aromatic rings. The molecule has 23 heavy (non-hydrogen) atoms. The zero-order valence-corrected chi connectivity index (χ0v) is 13.9. The maximum Gasteiger partial charge on any atom is 0.231 e. The number of benzene rings is 1. The number of hydrogen-bond donors (Lipinski definition) is 1. The fourth-order valence-corrected chi connectivity index (χ4v) is 3.32. The SMILES string of the molecule is CCc1nnc(NC(=O)C2CC(=O)N(c3ccccc3C)C2)s1. The van der Waals surface area contributed by atoms with E-state index in [1.54, 1.807) is 4.90 Å². The van der Waals surface area contributed by atoms with Gasteiger partial charge in [0.1, 0.15) is 5.01 Å². The van der Waals surface area contributed by atoms with Crippen LogP contribution in [-0.4, -0.2) is 28.6 Å². The Morgan fingerprint density at radius 1 is 1.39 bits per heavy atom. The number of carbonyl (C=O) groups is 2. The number of rotatable bonds is 4. The lowest BCUT2D eigenvalue weighted by Crippen LogP contribution is -2.28. The lowest BCUT2D eigenvalue weighted by Gasteiger charge is -2.18. The van der Waals surface area contributed by atoms with Crippen molar-refractivity contribution in [2.24, 2.45) is 5.92 Å². The van der Waals surface area contributed by atoms with Crippen LogP contribution in [0.15, 0.2) is 24.3 Å². The topological polar surface area (TPSA) is 75.2 Å². The summed E-state index contributed by atoms with van der Waals surface area (Å²) in [6.45, 7) is 4.35. The van der Waals surface area contributed by atoms with Gasteiger partial charge in [-0.2, -0.15) is 0 Å². The number of aryl methyl sites for hydroxylation is 2. The van der Waals surface area contributed by atoms with Gasteiger partial charge in [-0.3, -0.25) is 9.59 Å². The minimum atomic E-state index is -0.365. The number of nitrogens with one attached hydrogen (secondary N) is 1. The lowest BCUT2D eigenvalue weighted by molar-refractivity contribution is -0.122. The van der Waals surface area contributed by atoms with Gasteiger partial charge in [-0.15, -0.1) is 10.2 Å². The van der Waals surface area contributed by atoms with Crippen molar-refractivity contribution in [2.75, 3.05) is 16.8 Å². The van der Waals surface area contributed by atoms with Crippen molar-refractivity contribution < 1.29 is 9.59 Å². The van der Waals surface area contributed by atoms with Crippen LogP contribution >= 0.6 is 11.3 Å². The largest absolute Gasteiger partial charge is 0.311 e. The molecule has 1 aromatic heterocycles. The van der Waals surface area contributed by atoms with E-state index in [0.29, 0.717) is 11.7 Å².